The van der Waals surface area contributed by atoms with Gasteiger partial charge in [-0.3, -0.25) is 4.99 Å². The van der Waals surface area contributed by atoms with Crippen molar-refractivity contribution in [2.75, 3.05) is 27.3 Å². The Morgan fingerprint density at radius 2 is 1.94 bits per heavy atom. The van der Waals surface area contributed by atoms with Crippen molar-refractivity contribution in [1.82, 2.24) is 25.4 Å². The van der Waals surface area contributed by atoms with Crippen LogP contribution in [0.25, 0.3) is 11.1 Å². The third kappa shape index (κ3) is 5.99. The SMILES string of the molecule is CN=C(NCc1ccccc1-c1ccc(Cn2cncn2)cc1)NCC1(CCOC)CCC1. The van der Waals surface area contributed by atoms with E-state index in [4.69, 9.17) is 4.74 Å². The molecule has 0 spiro atoms. The molecular formula is C26H34N6O. The Hall–Kier alpha value is -3.19. The molecule has 2 N–H and O–H groups in total. The van der Waals surface area contributed by atoms with Crippen molar-refractivity contribution in [3.63, 3.8) is 0 Å². The molecule has 0 unspecified atom stereocenters. The molecule has 2 aromatic carbocycles. The summed E-state index contributed by atoms with van der Waals surface area (Å²) in [6, 6.07) is 17.2. The monoisotopic (exact) mass is 446 g/mol. The second-order valence-electron chi connectivity index (χ2n) is 8.82. The maximum Gasteiger partial charge on any atom is 0.191 e. The Kier molecular flexibility index (Phi) is 7.73. The van der Waals surface area contributed by atoms with E-state index in [2.05, 4.69) is 74.2 Å². The molecule has 7 nitrogen and oxygen atoms in total. The summed E-state index contributed by atoms with van der Waals surface area (Å²) in [6.45, 7) is 3.18. The molecule has 1 saturated carbocycles. The highest BCUT2D eigenvalue weighted by molar-refractivity contribution is 5.80. The molecule has 0 bridgehead atoms. The largest absolute Gasteiger partial charge is 0.385 e. The molecular weight excluding hydrogens is 412 g/mol. The molecule has 0 saturated heterocycles. The normalized spacial score (nSPS) is 15.2. The van der Waals surface area contributed by atoms with Gasteiger partial charge in [0.25, 0.3) is 0 Å². The highest BCUT2D eigenvalue weighted by atomic mass is 16.5. The van der Waals surface area contributed by atoms with Crippen LogP contribution in [0.4, 0.5) is 0 Å². The van der Waals surface area contributed by atoms with E-state index in [9.17, 15) is 0 Å². The molecule has 1 aliphatic carbocycles. The lowest BCUT2D eigenvalue weighted by molar-refractivity contribution is 0.0732. The lowest BCUT2D eigenvalue weighted by Crippen LogP contribution is -2.46. The van der Waals surface area contributed by atoms with Crippen molar-refractivity contribution in [3.8, 4) is 11.1 Å². The molecule has 1 aromatic heterocycles. The second kappa shape index (κ2) is 11.1. The van der Waals surface area contributed by atoms with Crippen molar-refractivity contribution in [2.24, 2.45) is 10.4 Å². The van der Waals surface area contributed by atoms with E-state index >= 15 is 0 Å². The number of guanidine groups is 1. The number of hydrogen-bond acceptors (Lipinski definition) is 4. The molecule has 1 fully saturated rings. The van der Waals surface area contributed by atoms with Crippen molar-refractivity contribution >= 4 is 5.96 Å². The first-order valence-corrected chi connectivity index (χ1v) is 11.6. The Morgan fingerprint density at radius 3 is 2.61 bits per heavy atom. The van der Waals surface area contributed by atoms with Gasteiger partial charge in [0.05, 0.1) is 6.54 Å². The Balaban J connectivity index is 1.37. The molecule has 33 heavy (non-hydrogen) atoms. The number of nitrogens with one attached hydrogen (secondary N) is 2. The fraction of sp³-hybridized carbons (Fsp3) is 0.423. The zero-order chi connectivity index (χ0) is 22.9. The molecule has 0 atom stereocenters. The quantitative estimate of drug-likeness (QED) is 0.365. The van der Waals surface area contributed by atoms with Gasteiger partial charge in [-0.15, -0.1) is 0 Å². The molecule has 174 valence electrons. The first kappa shape index (κ1) is 23.0. The van der Waals surface area contributed by atoms with Crippen LogP contribution in [-0.2, 0) is 17.8 Å². The summed E-state index contributed by atoms with van der Waals surface area (Å²) in [5, 5.41) is 11.2. The average molecular weight is 447 g/mol. The van der Waals surface area contributed by atoms with Gasteiger partial charge in [0.2, 0.25) is 0 Å². The number of ether oxygens (including phenoxy) is 1. The van der Waals surface area contributed by atoms with E-state index in [0.717, 1.165) is 32.1 Å². The summed E-state index contributed by atoms with van der Waals surface area (Å²) in [7, 11) is 3.61. The number of nitrogens with zero attached hydrogens (tertiary/aromatic N) is 4. The second-order valence-corrected chi connectivity index (χ2v) is 8.82. The number of aliphatic imine (C=N–C) groups is 1. The minimum atomic E-state index is 0.347. The number of aromatic nitrogens is 3. The topological polar surface area (TPSA) is 76.4 Å². The lowest BCUT2D eigenvalue weighted by atomic mass is 9.67. The Bertz CT molecular complexity index is 1030. The maximum absolute atomic E-state index is 5.32. The van der Waals surface area contributed by atoms with Crippen LogP contribution >= 0.6 is 0 Å². The predicted octanol–water partition coefficient (Wildman–Crippen LogP) is 3.87. The summed E-state index contributed by atoms with van der Waals surface area (Å²) in [5.41, 5.74) is 5.21. The number of rotatable bonds is 10. The molecule has 1 heterocycles. The number of methoxy groups -OCH3 is 1. The van der Waals surface area contributed by atoms with E-state index < -0.39 is 0 Å². The molecule has 0 amide bonds. The number of benzene rings is 2. The predicted molar refractivity (Wildman–Crippen MR) is 132 cm³/mol. The van der Waals surface area contributed by atoms with E-state index in [1.54, 1.807) is 19.8 Å². The summed E-state index contributed by atoms with van der Waals surface area (Å²) in [4.78, 5) is 8.45. The van der Waals surface area contributed by atoms with Crippen LogP contribution in [0.2, 0.25) is 0 Å². The first-order valence-electron chi connectivity index (χ1n) is 11.6. The van der Waals surface area contributed by atoms with Gasteiger partial charge in [-0.05, 0) is 46.9 Å². The van der Waals surface area contributed by atoms with Gasteiger partial charge < -0.3 is 15.4 Å². The smallest absolute Gasteiger partial charge is 0.191 e. The van der Waals surface area contributed by atoms with Gasteiger partial charge >= 0.3 is 0 Å². The zero-order valence-corrected chi connectivity index (χ0v) is 19.6. The van der Waals surface area contributed by atoms with Crippen molar-refractivity contribution in [3.05, 3.63) is 72.3 Å². The van der Waals surface area contributed by atoms with Gasteiger partial charge in [-0.2, -0.15) is 5.10 Å². The maximum atomic E-state index is 5.32. The zero-order valence-electron chi connectivity index (χ0n) is 19.6. The summed E-state index contributed by atoms with van der Waals surface area (Å²) >= 11 is 0. The van der Waals surface area contributed by atoms with Crippen LogP contribution in [-0.4, -0.2) is 48.0 Å². The first-order chi connectivity index (χ1) is 16.2. The van der Waals surface area contributed by atoms with Crippen molar-refractivity contribution < 1.29 is 4.74 Å². The highest BCUT2D eigenvalue weighted by Crippen LogP contribution is 2.43. The molecule has 3 aromatic rings. The Labute approximate surface area is 196 Å². The van der Waals surface area contributed by atoms with E-state index in [1.165, 1.54) is 41.5 Å². The van der Waals surface area contributed by atoms with Crippen LogP contribution in [0.3, 0.4) is 0 Å². The fourth-order valence-electron chi connectivity index (χ4n) is 4.43. The van der Waals surface area contributed by atoms with E-state index in [-0.39, 0.29) is 0 Å². The minimum Gasteiger partial charge on any atom is -0.385 e. The van der Waals surface area contributed by atoms with Gasteiger partial charge in [0.1, 0.15) is 12.7 Å². The van der Waals surface area contributed by atoms with Gasteiger partial charge in [0.15, 0.2) is 5.96 Å². The summed E-state index contributed by atoms with van der Waals surface area (Å²) in [6.07, 6.45) is 8.23. The third-order valence-electron chi connectivity index (χ3n) is 6.64. The standard InChI is InChI=1S/C26H34N6O/c1-27-25(30-18-26(12-5-13-26)14-15-33-2)29-16-23-6-3-4-7-24(23)22-10-8-21(9-11-22)17-32-20-28-19-31-32/h3-4,6-11,19-20H,5,12-18H2,1-2H3,(H2,27,29,30). The summed E-state index contributed by atoms with van der Waals surface area (Å²) < 4.78 is 7.15. The van der Waals surface area contributed by atoms with Crippen LogP contribution in [0.15, 0.2) is 66.2 Å². The number of hydrogen-bond donors (Lipinski definition) is 2. The van der Waals surface area contributed by atoms with Crippen molar-refractivity contribution in [2.45, 2.75) is 38.8 Å². The molecule has 4 rings (SSSR count). The molecule has 7 heteroatoms. The lowest BCUT2D eigenvalue weighted by Gasteiger charge is -2.42. The van der Waals surface area contributed by atoms with E-state index in [1.807, 2.05) is 11.7 Å². The van der Waals surface area contributed by atoms with Crippen LogP contribution in [0, 0.1) is 5.41 Å². The molecule has 0 radical (unpaired) electrons. The third-order valence-corrected chi connectivity index (χ3v) is 6.64. The van der Waals surface area contributed by atoms with Crippen LogP contribution < -0.4 is 10.6 Å². The molecule has 0 aliphatic heterocycles. The minimum absolute atomic E-state index is 0.347. The Morgan fingerprint density at radius 1 is 1.12 bits per heavy atom. The van der Waals surface area contributed by atoms with Crippen LogP contribution in [0.1, 0.15) is 36.8 Å². The highest BCUT2D eigenvalue weighted by Gasteiger charge is 2.36. The molecule has 1 aliphatic rings. The van der Waals surface area contributed by atoms with Gasteiger partial charge in [-0.1, -0.05) is 55.0 Å². The van der Waals surface area contributed by atoms with Crippen LogP contribution in [0.5, 0.6) is 0 Å². The fourth-order valence-corrected chi connectivity index (χ4v) is 4.43. The van der Waals surface area contributed by atoms with Gasteiger partial charge in [-0.25, -0.2) is 9.67 Å². The average Bonchev–Trinajstić information content (AvgIpc) is 3.34. The summed E-state index contributed by atoms with van der Waals surface area (Å²) in [5.74, 6) is 0.844. The van der Waals surface area contributed by atoms with Crippen molar-refractivity contribution in [1.29, 1.82) is 0 Å². The van der Waals surface area contributed by atoms with Gasteiger partial charge in [0, 0.05) is 33.9 Å². The van der Waals surface area contributed by atoms with E-state index in [0.29, 0.717) is 12.0 Å².